The van der Waals surface area contributed by atoms with Crippen LogP contribution in [0.3, 0.4) is 0 Å². The second-order valence-corrected chi connectivity index (χ2v) is 8.19. The molecule has 29 heavy (non-hydrogen) atoms. The number of nitrogens with zero attached hydrogens (tertiary/aromatic N) is 5. The summed E-state index contributed by atoms with van der Waals surface area (Å²) in [5.41, 5.74) is 0. The van der Waals surface area contributed by atoms with Gasteiger partial charge in [-0.3, -0.25) is 4.90 Å². The highest BCUT2D eigenvalue weighted by molar-refractivity contribution is 5.89. The van der Waals surface area contributed by atoms with Gasteiger partial charge in [-0.05, 0) is 31.7 Å². The SMILES string of the molecule is CC(C)C1COC(=O)N1c1ccnc(N[C@@H](C)c2nc(C3CCCCC3)no2)n1. The summed E-state index contributed by atoms with van der Waals surface area (Å²) in [6.07, 6.45) is 7.22. The fourth-order valence-electron chi connectivity index (χ4n) is 3.95. The minimum absolute atomic E-state index is 0.0448. The Morgan fingerprint density at radius 3 is 2.72 bits per heavy atom. The van der Waals surface area contributed by atoms with Gasteiger partial charge < -0.3 is 14.6 Å². The van der Waals surface area contributed by atoms with Gasteiger partial charge in [0, 0.05) is 12.1 Å². The Morgan fingerprint density at radius 1 is 1.17 bits per heavy atom. The number of hydrogen-bond acceptors (Lipinski definition) is 8. The van der Waals surface area contributed by atoms with E-state index in [-0.39, 0.29) is 24.1 Å². The lowest BCUT2D eigenvalue weighted by molar-refractivity contribution is 0.177. The van der Waals surface area contributed by atoms with Crippen molar-refractivity contribution in [1.82, 2.24) is 20.1 Å². The van der Waals surface area contributed by atoms with Crippen LogP contribution in [0, 0.1) is 5.92 Å². The largest absolute Gasteiger partial charge is 0.447 e. The van der Waals surface area contributed by atoms with Crippen LogP contribution in [0.4, 0.5) is 16.6 Å². The van der Waals surface area contributed by atoms with Crippen LogP contribution < -0.4 is 10.2 Å². The molecule has 156 valence electrons. The van der Waals surface area contributed by atoms with Crippen molar-refractivity contribution in [3.63, 3.8) is 0 Å². The Bertz CT molecular complexity index is 848. The molecule has 2 aromatic rings. The van der Waals surface area contributed by atoms with Crippen molar-refractivity contribution < 1.29 is 14.1 Å². The summed E-state index contributed by atoms with van der Waals surface area (Å²) in [6, 6.07) is 1.42. The third kappa shape index (κ3) is 4.18. The van der Waals surface area contributed by atoms with Gasteiger partial charge in [-0.25, -0.2) is 9.78 Å². The lowest BCUT2D eigenvalue weighted by Gasteiger charge is -2.23. The first-order valence-corrected chi connectivity index (χ1v) is 10.4. The Labute approximate surface area is 170 Å². The zero-order valence-corrected chi connectivity index (χ0v) is 17.2. The summed E-state index contributed by atoms with van der Waals surface area (Å²) in [5, 5.41) is 7.39. The molecular formula is C20H28N6O3. The second kappa shape index (κ2) is 8.34. The molecule has 3 heterocycles. The number of carbonyl (C=O) groups excluding carboxylic acids is 1. The highest BCUT2D eigenvalue weighted by Gasteiger charge is 2.37. The van der Waals surface area contributed by atoms with Crippen LogP contribution in [-0.2, 0) is 4.74 Å². The first-order valence-electron chi connectivity index (χ1n) is 10.4. The Morgan fingerprint density at radius 2 is 1.97 bits per heavy atom. The van der Waals surface area contributed by atoms with E-state index in [1.54, 1.807) is 17.2 Å². The molecule has 0 aromatic carbocycles. The number of amides is 1. The summed E-state index contributed by atoms with van der Waals surface area (Å²) < 4.78 is 10.7. The normalized spacial score (nSPS) is 21.4. The van der Waals surface area contributed by atoms with Crippen molar-refractivity contribution in [2.45, 2.75) is 70.9 Å². The highest BCUT2D eigenvalue weighted by Crippen LogP contribution is 2.32. The van der Waals surface area contributed by atoms with E-state index < -0.39 is 0 Å². The Kier molecular flexibility index (Phi) is 5.64. The zero-order chi connectivity index (χ0) is 20.4. The number of anilines is 2. The third-order valence-electron chi connectivity index (χ3n) is 5.71. The van der Waals surface area contributed by atoms with Crippen LogP contribution in [0.25, 0.3) is 0 Å². The average Bonchev–Trinajstić information content (AvgIpc) is 3.36. The number of ether oxygens (including phenoxy) is 1. The molecule has 1 aliphatic carbocycles. The van der Waals surface area contributed by atoms with Crippen molar-refractivity contribution in [1.29, 1.82) is 0 Å². The van der Waals surface area contributed by atoms with Crippen molar-refractivity contribution in [3.05, 3.63) is 24.0 Å². The van der Waals surface area contributed by atoms with Crippen LogP contribution in [0.15, 0.2) is 16.8 Å². The van der Waals surface area contributed by atoms with Gasteiger partial charge in [0.1, 0.15) is 18.5 Å². The Balaban J connectivity index is 1.46. The van der Waals surface area contributed by atoms with Gasteiger partial charge >= 0.3 is 6.09 Å². The maximum atomic E-state index is 12.2. The second-order valence-electron chi connectivity index (χ2n) is 8.19. The van der Waals surface area contributed by atoms with E-state index >= 15 is 0 Å². The summed E-state index contributed by atoms with van der Waals surface area (Å²) >= 11 is 0. The van der Waals surface area contributed by atoms with E-state index in [0.29, 0.717) is 30.2 Å². The molecule has 1 saturated heterocycles. The molecule has 2 aromatic heterocycles. The van der Waals surface area contributed by atoms with E-state index in [4.69, 9.17) is 9.26 Å². The summed E-state index contributed by atoms with van der Waals surface area (Å²) in [6.45, 7) is 6.41. The molecule has 0 spiro atoms. The van der Waals surface area contributed by atoms with E-state index in [9.17, 15) is 4.79 Å². The number of nitrogens with one attached hydrogen (secondary N) is 1. The topological polar surface area (TPSA) is 106 Å². The van der Waals surface area contributed by atoms with Gasteiger partial charge in [0.25, 0.3) is 0 Å². The first-order chi connectivity index (χ1) is 14.0. The molecule has 0 radical (unpaired) electrons. The van der Waals surface area contributed by atoms with Gasteiger partial charge in [-0.15, -0.1) is 0 Å². The molecule has 2 aliphatic rings. The number of aromatic nitrogens is 4. The van der Waals surface area contributed by atoms with E-state index in [2.05, 4.69) is 39.3 Å². The molecular weight excluding hydrogens is 372 g/mol. The fraction of sp³-hybridized carbons (Fsp3) is 0.650. The van der Waals surface area contributed by atoms with Crippen molar-refractivity contribution in [2.75, 3.05) is 16.8 Å². The van der Waals surface area contributed by atoms with Crippen LogP contribution >= 0.6 is 0 Å². The standard InChI is InChI=1S/C20H28N6O3/c1-12(2)15-11-28-20(27)26(15)16-9-10-21-19(23-16)22-13(3)18-24-17(25-29-18)14-7-5-4-6-8-14/h9-10,12-15H,4-8,11H2,1-3H3,(H,21,22,23)/t13-,15?/m0/s1. The molecule has 2 atom stereocenters. The van der Waals surface area contributed by atoms with E-state index in [0.717, 1.165) is 18.7 Å². The maximum absolute atomic E-state index is 12.2. The predicted molar refractivity (Wildman–Crippen MR) is 107 cm³/mol. The molecule has 0 bridgehead atoms. The molecule has 9 nitrogen and oxygen atoms in total. The minimum atomic E-state index is -0.379. The van der Waals surface area contributed by atoms with E-state index in [1.807, 2.05) is 6.92 Å². The van der Waals surface area contributed by atoms with E-state index in [1.165, 1.54) is 19.3 Å². The molecule has 1 amide bonds. The molecule has 2 fully saturated rings. The van der Waals surface area contributed by atoms with Crippen molar-refractivity contribution in [3.8, 4) is 0 Å². The minimum Gasteiger partial charge on any atom is -0.447 e. The summed E-state index contributed by atoms with van der Waals surface area (Å²) in [5.74, 6) is 2.87. The molecule has 1 saturated carbocycles. The number of carbonyl (C=O) groups is 1. The van der Waals surface area contributed by atoms with Crippen LogP contribution in [0.1, 0.15) is 76.6 Å². The van der Waals surface area contributed by atoms with Gasteiger partial charge in [0.2, 0.25) is 11.8 Å². The van der Waals surface area contributed by atoms with Crippen LogP contribution in [0.5, 0.6) is 0 Å². The lowest BCUT2D eigenvalue weighted by Crippen LogP contribution is -2.37. The zero-order valence-electron chi connectivity index (χ0n) is 17.2. The number of rotatable bonds is 6. The first kappa shape index (κ1) is 19.6. The third-order valence-corrected chi connectivity index (χ3v) is 5.71. The Hall–Kier alpha value is -2.71. The molecule has 4 rings (SSSR count). The molecule has 1 aliphatic heterocycles. The fourth-order valence-corrected chi connectivity index (χ4v) is 3.95. The summed E-state index contributed by atoms with van der Waals surface area (Å²) in [7, 11) is 0. The monoisotopic (exact) mass is 400 g/mol. The van der Waals surface area contributed by atoms with Gasteiger partial charge in [-0.1, -0.05) is 38.3 Å². The quantitative estimate of drug-likeness (QED) is 0.774. The maximum Gasteiger partial charge on any atom is 0.415 e. The molecule has 9 heteroatoms. The van der Waals surface area contributed by atoms with Gasteiger partial charge in [-0.2, -0.15) is 9.97 Å². The van der Waals surface area contributed by atoms with Crippen molar-refractivity contribution in [2.24, 2.45) is 5.92 Å². The average molecular weight is 400 g/mol. The number of hydrogen-bond donors (Lipinski definition) is 1. The summed E-state index contributed by atoms with van der Waals surface area (Å²) in [4.78, 5) is 27.2. The highest BCUT2D eigenvalue weighted by atomic mass is 16.6. The smallest absolute Gasteiger partial charge is 0.415 e. The lowest BCUT2D eigenvalue weighted by atomic mass is 9.89. The molecule has 1 N–H and O–H groups in total. The predicted octanol–water partition coefficient (Wildman–Crippen LogP) is 4.06. The molecule has 1 unspecified atom stereocenters. The van der Waals surface area contributed by atoms with Gasteiger partial charge in [0.15, 0.2) is 5.82 Å². The van der Waals surface area contributed by atoms with Crippen LogP contribution in [0.2, 0.25) is 0 Å². The van der Waals surface area contributed by atoms with Gasteiger partial charge in [0.05, 0.1) is 6.04 Å². The number of cyclic esters (lactones) is 1. The van der Waals surface area contributed by atoms with Crippen LogP contribution in [-0.4, -0.2) is 38.9 Å². The van der Waals surface area contributed by atoms with Crippen molar-refractivity contribution >= 4 is 17.9 Å².